The summed E-state index contributed by atoms with van der Waals surface area (Å²) in [6.07, 6.45) is 0. The lowest BCUT2D eigenvalue weighted by molar-refractivity contribution is -0.0510. The van der Waals surface area contributed by atoms with Crippen LogP contribution in [-0.4, -0.2) is 24.5 Å². The third-order valence-corrected chi connectivity index (χ3v) is 25.2. The summed E-state index contributed by atoms with van der Waals surface area (Å²) in [6, 6.07) is 0.0450. The predicted molar refractivity (Wildman–Crippen MR) is 279 cm³/mol. The van der Waals surface area contributed by atoms with Gasteiger partial charge in [0.2, 0.25) is 0 Å². The number of hydrogen-bond donors (Lipinski definition) is 2. The van der Waals surface area contributed by atoms with E-state index in [1.54, 1.807) is 313 Å². The van der Waals surface area contributed by atoms with Crippen LogP contribution < -0.4 is 5.73 Å². The molecule has 0 saturated heterocycles. The zero-order chi connectivity index (χ0) is 43.1. The number of rotatable bonds is 0. The fourth-order valence-electron chi connectivity index (χ4n) is 24.5. The fourth-order valence-corrected chi connectivity index (χ4v) is 24.5. The first-order valence-corrected chi connectivity index (χ1v) is 26.1. The van der Waals surface area contributed by atoms with Crippen LogP contribution in [0.5, 0.6) is 0 Å². The smallest absolute Gasteiger partial charge is 0.325 e. The normalized spacial score (nSPS) is 23.6. The molecule has 3 N–H and O–H groups in total. The van der Waals surface area contributed by atoms with Crippen LogP contribution in [-0.2, 0) is 20.9 Å². The average molecular weight is 900 g/mol. The lowest BCUT2D eigenvalue weighted by Gasteiger charge is -2.32. The SMILES string of the molecule is NC1C23c4c5c6c7c8c9c(c%10c%11c2c2c4c4c%12c5c5c6c6c8c8c%13c9c9c%10c%10c%11c%11c2c2c4c4c%12c%12c5c5c6c8c6c8c%13c9c9c%10c%10c%11c2c2c4c4c%12c5c6c5c8c9c%10c2c45)C713.O=S(=O)(O)C(F)(F)F. The molecule has 0 aromatic heterocycles. The highest BCUT2D eigenvalue weighted by molar-refractivity contribution is 7.86. The Morgan fingerprint density at radius 1 is 0.271 bits per heavy atom. The monoisotopic (exact) mass is 899 g/mol. The summed E-state index contributed by atoms with van der Waals surface area (Å²) in [7, 11) is -5.84. The van der Waals surface area contributed by atoms with Crippen molar-refractivity contribution in [1.82, 2.24) is 0 Å². The molecule has 4 nitrogen and oxygen atoms in total. The molecule has 0 amide bonds. The summed E-state index contributed by atoms with van der Waals surface area (Å²) in [6.45, 7) is 0. The average Bonchev–Trinajstić information content (AvgIpc) is 4.37. The first-order valence-electron chi connectivity index (χ1n) is 24.7. The first kappa shape index (κ1) is 27.3. The van der Waals surface area contributed by atoms with Crippen molar-refractivity contribution in [3.05, 3.63) is 22.3 Å². The Hall–Kier alpha value is -7.88. The molecule has 0 atom stereocenters. The molecule has 5 aliphatic rings. The quantitative estimate of drug-likeness (QED) is 0.0903. The molecule has 70 heavy (non-hydrogen) atoms. The van der Waals surface area contributed by atoms with Gasteiger partial charge in [0.25, 0.3) is 0 Å². The Balaban J connectivity index is 0.000000367. The highest BCUT2D eigenvalue weighted by Crippen LogP contribution is 2.90. The lowest BCUT2D eigenvalue weighted by Crippen LogP contribution is -2.27. The van der Waals surface area contributed by atoms with Crippen LogP contribution in [0.1, 0.15) is 22.3 Å². The van der Waals surface area contributed by atoms with Gasteiger partial charge in [-0.2, -0.15) is 21.6 Å². The summed E-state index contributed by atoms with van der Waals surface area (Å²) < 4.78 is 57.5. The Labute approximate surface area is 375 Å². The second-order valence-electron chi connectivity index (χ2n) is 24.8. The van der Waals surface area contributed by atoms with E-state index in [0.717, 1.165) is 0 Å². The summed E-state index contributed by atoms with van der Waals surface area (Å²) in [4.78, 5) is 0. The standard InChI is InChI=1S/C61H3N.CHF3O3S/c62-59-60-55-47-39-29-19-11-3-1-2-5-9-7(3)15-23-17(9)27-21-13(5)14-6(2)10-8-4(1)12(11)20-26-16(8)24-18(10)28-22(14)32-31(21)41-35(27)45-37(23)43(33(39)25(15)19)51(55)53(45)57-49(41)50-42(32)36(28)46-38(24)44-34(26)40(30(20)29)48(47)56(60)52(44)54(46)58(50)61(57,59)60;2-1(3,4)8(5,6)7/h59H,62H2;(H,5,6,7). The van der Waals surface area contributed by atoms with Crippen LogP contribution >= 0.6 is 0 Å². The molecular formula is C62H4F3NO3S. The molecule has 5 aliphatic carbocycles. The molecule has 1 saturated carbocycles. The topological polar surface area (TPSA) is 80.4 Å². The Kier molecular flexibility index (Phi) is 2.31. The minimum Gasteiger partial charge on any atom is -0.325 e. The van der Waals surface area contributed by atoms with Gasteiger partial charge in [-0.25, -0.2) is 0 Å². The van der Waals surface area contributed by atoms with E-state index in [9.17, 15) is 13.2 Å². The van der Waals surface area contributed by atoms with E-state index in [4.69, 9.17) is 18.7 Å². The van der Waals surface area contributed by atoms with Crippen molar-refractivity contribution < 1.29 is 26.1 Å². The highest BCUT2D eigenvalue weighted by atomic mass is 32.2. The largest absolute Gasteiger partial charge is 0.522 e. The Bertz CT molecular complexity index is 6780. The molecule has 0 aliphatic heterocycles. The molecule has 28 aromatic carbocycles. The second-order valence-corrected chi connectivity index (χ2v) is 26.2. The maximum absolute atomic E-state index is 10.7. The second kappa shape index (κ2) is 5.92. The number of benzene rings is 18. The predicted octanol–water partition coefficient (Wildman–Crippen LogP) is 16.0. The maximum Gasteiger partial charge on any atom is 0.522 e. The molecule has 0 heterocycles. The van der Waals surface area contributed by atoms with E-state index in [1.165, 1.54) is 0 Å². The minimum absolute atomic E-state index is 0.0450. The number of hydrogen-bond acceptors (Lipinski definition) is 3. The third-order valence-electron chi connectivity index (χ3n) is 24.6. The zero-order valence-corrected chi connectivity index (χ0v) is 35.3. The van der Waals surface area contributed by atoms with Crippen LogP contribution in [0, 0.1) is 0 Å². The van der Waals surface area contributed by atoms with E-state index in [2.05, 4.69) is 0 Å². The van der Waals surface area contributed by atoms with Crippen LogP contribution in [0.3, 0.4) is 0 Å². The maximum atomic E-state index is 10.7. The summed E-state index contributed by atoms with van der Waals surface area (Å²) >= 11 is 0. The van der Waals surface area contributed by atoms with Crippen LogP contribution in [0.2, 0.25) is 0 Å². The van der Waals surface area contributed by atoms with Gasteiger partial charge in [0.15, 0.2) is 0 Å². The fraction of sp³-hybridized carbons (Fsp3) is 0.0645. The van der Waals surface area contributed by atoms with Gasteiger partial charge in [0.05, 0.1) is 10.8 Å². The number of alkyl halides is 3. The van der Waals surface area contributed by atoms with Crippen molar-refractivity contribution in [3.63, 3.8) is 0 Å². The van der Waals surface area contributed by atoms with Crippen LogP contribution in [0.25, 0.3) is 291 Å². The van der Waals surface area contributed by atoms with Gasteiger partial charge in [-0.1, -0.05) is 0 Å². The van der Waals surface area contributed by atoms with Gasteiger partial charge in [-0.3, -0.25) is 4.55 Å². The molecule has 33 rings (SSSR count). The molecule has 302 valence electrons. The zero-order valence-electron chi connectivity index (χ0n) is 34.5. The molecule has 8 heteroatoms. The van der Waals surface area contributed by atoms with Crippen LogP contribution in [0.15, 0.2) is 0 Å². The van der Waals surface area contributed by atoms with Crippen molar-refractivity contribution in [2.45, 2.75) is 22.4 Å². The number of nitrogens with two attached hydrogens (primary N) is 1. The molecule has 0 unspecified atom stereocenters. The number of halogens is 3. The van der Waals surface area contributed by atoms with E-state index in [0.29, 0.717) is 0 Å². The van der Waals surface area contributed by atoms with Gasteiger partial charge < -0.3 is 5.73 Å². The summed E-state index contributed by atoms with van der Waals surface area (Å²) in [5.41, 5.74) is 9.30. The van der Waals surface area contributed by atoms with Crippen molar-refractivity contribution in [3.8, 4) is 0 Å². The van der Waals surface area contributed by atoms with Crippen LogP contribution in [0.4, 0.5) is 13.2 Å². The van der Waals surface area contributed by atoms with E-state index in [1.807, 2.05) is 0 Å². The molecule has 0 bridgehead atoms. The van der Waals surface area contributed by atoms with Crippen molar-refractivity contribution >= 4 is 301 Å². The van der Waals surface area contributed by atoms with Crippen molar-refractivity contribution in [2.24, 2.45) is 5.73 Å². The molecule has 28 aromatic rings. The minimum atomic E-state index is -5.84. The Morgan fingerprint density at radius 3 is 0.443 bits per heavy atom. The van der Waals surface area contributed by atoms with E-state index >= 15 is 0 Å². The summed E-state index contributed by atoms with van der Waals surface area (Å²) in [5.74, 6) is 0. The van der Waals surface area contributed by atoms with Crippen molar-refractivity contribution in [1.29, 1.82) is 0 Å². The lowest BCUT2D eigenvalue weighted by atomic mass is 9.68. The van der Waals surface area contributed by atoms with Crippen molar-refractivity contribution in [2.75, 3.05) is 0 Å². The highest BCUT2D eigenvalue weighted by Gasteiger charge is 2.85. The van der Waals surface area contributed by atoms with E-state index in [-0.39, 0.29) is 16.9 Å². The van der Waals surface area contributed by atoms with Gasteiger partial charge in [0.1, 0.15) is 0 Å². The summed E-state index contributed by atoms with van der Waals surface area (Å²) in [5, 5.41) is 89.6. The molecule has 2 spiro atoms. The third kappa shape index (κ3) is 1.42. The molecule has 0 radical (unpaired) electrons. The molecular weight excluding hydrogens is 896 g/mol. The van der Waals surface area contributed by atoms with Gasteiger partial charge in [0, 0.05) is 6.04 Å². The Morgan fingerprint density at radius 2 is 0.357 bits per heavy atom. The molecule has 1 fully saturated rings. The first-order chi connectivity index (χ1) is 34.1. The van der Waals surface area contributed by atoms with E-state index < -0.39 is 15.6 Å². The van der Waals surface area contributed by atoms with Gasteiger partial charge in [-0.15, -0.1) is 0 Å². The van der Waals surface area contributed by atoms with Gasteiger partial charge in [-0.05, 0) is 313 Å². The van der Waals surface area contributed by atoms with Gasteiger partial charge >= 0.3 is 15.6 Å².